The molecular weight excluding hydrogens is 238 g/mol. The molecule has 1 heterocycles. The lowest BCUT2D eigenvalue weighted by Crippen LogP contribution is -2.09. The number of hydrogen-bond acceptors (Lipinski definition) is 3. The minimum absolute atomic E-state index is 0.541. The molecule has 1 aromatic carbocycles. The summed E-state index contributed by atoms with van der Waals surface area (Å²) in [6.45, 7) is 1.88. The quantitative estimate of drug-likeness (QED) is 0.912. The average Bonchev–Trinajstić information content (AvgIpc) is 2.63. The van der Waals surface area contributed by atoms with Gasteiger partial charge in [-0.25, -0.2) is 8.42 Å². The summed E-state index contributed by atoms with van der Waals surface area (Å²) in [7, 11) is -3.22. The van der Waals surface area contributed by atoms with Crippen LogP contribution in [0.5, 0.6) is 0 Å². The van der Waals surface area contributed by atoms with Gasteiger partial charge in [-0.15, -0.1) is 0 Å². The molecule has 0 unspecified atom stereocenters. The summed E-state index contributed by atoms with van der Waals surface area (Å²) in [5.41, 5.74) is 1.46. The summed E-state index contributed by atoms with van der Waals surface area (Å²) in [5.74, 6) is 1.62. The zero-order valence-electron chi connectivity index (χ0n) is 9.60. The smallest absolute Gasteiger partial charge is 0.229 e. The third kappa shape index (κ3) is 3.10. The Balaban J connectivity index is 2.24. The molecule has 5 heteroatoms. The Kier molecular flexibility index (Phi) is 2.93. The molecular formula is C12H13NO3S. The molecule has 17 heavy (non-hydrogen) atoms. The van der Waals surface area contributed by atoms with Crippen LogP contribution in [0.25, 0.3) is 11.3 Å². The van der Waals surface area contributed by atoms with Crippen molar-refractivity contribution in [2.24, 2.45) is 0 Å². The van der Waals surface area contributed by atoms with E-state index in [-0.39, 0.29) is 0 Å². The Morgan fingerprint density at radius 2 is 1.71 bits per heavy atom. The van der Waals surface area contributed by atoms with Crippen LogP contribution in [-0.4, -0.2) is 14.7 Å². The van der Waals surface area contributed by atoms with Crippen molar-refractivity contribution >= 4 is 15.7 Å². The van der Waals surface area contributed by atoms with Gasteiger partial charge in [-0.3, -0.25) is 4.72 Å². The lowest BCUT2D eigenvalue weighted by molar-refractivity contribution is 0.548. The van der Waals surface area contributed by atoms with Gasteiger partial charge in [-0.2, -0.15) is 0 Å². The molecule has 0 bridgehead atoms. The topological polar surface area (TPSA) is 59.3 Å². The number of anilines is 1. The highest BCUT2D eigenvalue weighted by atomic mass is 32.2. The highest BCUT2D eigenvalue weighted by Gasteiger charge is 2.04. The Labute approximate surface area is 100 Å². The van der Waals surface area contributed by atoms with Gasteiger partial charge < -0.3 is 4.42 Å². The highest BCUT2D eigenvalue weighted by Crippen LogP contribution is 2.23. The van der Waals surface area contributed by atoms with Gasteiger partial charge in [-0.05, 0) is 43.3 Å². The standard InChI is InChI=1S/C12H13NO3S/c1-9-3-8-12(16-9)10-4-6-11(7-5-10)13-17(2,14)15/h3-8,13H,1-2H3. The number of sulfonamides is 1. The molecule has 2 aromatic rings. The van der Waals surface area contributed by atoms with Crippen LogP contribution in [0.2, 0.25) is 0 Å². The van der Waals surface area contributed by atoms with Crippen LogP contribution in [-0.2, 0) is 10.0 Å². The molecule has 0 saturated heterocycles. The van der Waals surface area contributed by atoms with Crippen LogP contribution in [0.1, 0.15) is 5.76 Å². The van der Waals surface area contributed by atoms with Gasteiger partial charge in [0, 0.05) is 11.3 Å². The minimum atomic E-state index is -3.22. The Morgan fingerprint density at radius 1 is 1.06 bits per heavy atom. The Bertz CT molecular complexity index is 611. The predicted octanol–water partition coefficient (Wildman–Crippen LogP) is 2.63. The van der Waals surface area contributed by atoms with E-state index < -0.39 is 10.0 Å². The van der Waals surface area contributed by atoms with Gasteiger partial charge >= 0.3 is 0 Å². The number of aryl methyl sites for hydroxylation is 1. The summed E-state index contributed by atoms with van der Waals surface area (Å²) in [5, 5.41) is 0. The molecule has 2 rings (SSSR count). The Hall–Kier alpha value is -1.75. The predicted molar refractivity (Wildman–Crippen MR) is 67.3 cm³/mol. The second-order valence-electron chi connectivity index (χ2n) is 3.86. The van der Waals surface area contributed by atoms with Gasteiger partial charge in [0.15, 0.2) is 0 Å². The normalized spacial score (nSPS) is 11.4. The van der Waals surface area contributed by atoms with Gasteiger partial charge in [0.25, 0.3) is 0 Å². The van der Waals surface area contributed by atoms with E-state index in [1.165, 1.54) is 0 Å². The maximum absolute atomic E-state index is 11.0. The van der Waals surface area contributed by atoms with Crippen molar-refractivity contribution < 1.29 is 12.8 Å². The summed E-state index contributed by atoms with van der Waals surface area (Å²) in [4.78, 5) is 0. The molecule has 0 fully saturated rings. The van der Waals surface area contributed by atoms with Crippen molar-refractivity contribution in [2.45, 2.75) is 6.92 Å². The largest absolute Gasteiger partial charge is 0.461 e. The maximum Gasteiger partial charge on any atom is 0.229 e. The molecule has 0 spiro atoms. The summed E-state index contributed by atoms with van der Waals surface area (Å²) >= 11 is 0. The zero-order chi connectivity index (χ0) is 12.5. The molecule has 4 nitrogen and oxygen atoms in total. The van der Waals surface area contributed by atoms with Crippen LogP contribution in [0.15, 0.2) is 40.8 Å². The monoisotopic (exact) mass is 251 g/mol. The second kappa shape index (κ2) is 4.25. The van der Waals surface area contributed by atoms with Crippen molar-refractivity contribution in [1.29, 1.82) is 0 Å². The second-order valence-corrected chi connectivity index (χ2v) is 5.61. The first-order chi connectivity index (χ1) is 7.94. The first-order valence-corrected chi connectivity index (χ1v) is 6.98. The van der Waals surface area contributed by atoms with E-state index in [0.29, 0.717) is 5.69 Å². The van der Waals surface area contributed by atoms with Crippen molar-refractivity contribution in [1.82, 2.24) is 0 Å². The number of rotatable bonds is 3. The van der Waals surface area contributed by atoms with Crippen LogP contribution in [0.4, 0.5) is 5.69 Å². The van der Waals surface area contributed by atoms with E-state index in [4.69, 9.17) is 4.42 Å². The molecule has 0 atom stereocenters. The van der Waals surface area contributed by atoms with Crippen LogP contribution in [0.3, 0.4) is 0 Å². The molecule has 0 radical (unpaired) electrons. The zero-order valence-corrected chi connectivity index (χ0v) is 10.4. The molecule has 0 aliphatic heterocycles. The fourth-order valence-electron chi connectivity index (χ4n) is 1.51. The fraction of sp³-hybridized carbons (Fsp3) is 0.167. The van der Waals surface area contributed by atoms with Crippen molar-refractivity contribution in [3.8, 4) is 11.3 Å². The van der Waals surface area contributed by atoms with E-state index in [9.17, 15) is 8.42 Å². The molecule has 0 saturated carbocycles. The van der Waals surface area contributed by atoms with Gasteiger partial charge in [-0.1, -0.05) is 0 Å². The third-order valence-electron chi connectivity index (χ3n) is 2.21. The summed E-state index contributed by atoms with van der Waals surface area (Å²) in [6, 6.07) is 10.8. The fourth-order valence-corrected chi connectivity index (χ4v) is 2.07. The van der Waals surface area contributed by atoms with E-state index in [0.717, 1.165) is 23.3 Å². The van der Waals surface area contributed by atoms with Crippen LogP contribution < -0.4 is 4.72 Å². The SMILES string of the molecule is Cc1ccc(-c2ccc(NS(C)(=O)=O)cc2)o1. The van der Waals surface area contributed by atoms with Crippen molar-refractivity contribution in [3.05, 3.63) is 42.2 Å². The molecule has 0 aliphatic rings. The van der Waals surface area contributed by atoms with Gasteiger partial charge in [0.2, 0.25) is 10.0 Å². The van der Waals surface area contributed by atoms with E-state index in [1.54, 1.807) is 12.1 Å². The molecule has 0 aliphatic carbocycles. The van der Waals surface area contributed by atoms with Gasteiger partial charge in [0.1, 0.15) is 11.5 Å². The summed E-state index contributed by atoms with van der Waals surface area (Å²) < 4.78 is 29.9. The molecule has 90 valence electrons. The van der Waals surface area contributed by atoms with E-state index in [1.807, 2.05) is 31.2 Å². The van der Waals surface area contributed by atoms with E-state index >= 15 is 0 Å². The maximum atomic E-state index is 11.0. The molecule has 1 aromatic heterocycles. The first-order valence-electron chi connectivity index (χ1n) is 5.09. The lowest BCUT2D eigenvalue weighted by atomic mass is 10.1. The highest BCUT2D eigenvalue weighted by molar-refractivity contribution is 7.92. The van der Waals surface area contributed by atoms with Crippen LogP contribution >= 0.6 is 0 Å². The molecule has 0 amide bonds. The first kappa shape index (κ1) is 11.7. The van der Waals surface area contributed by atoms with Crippen LogP contribution in [0, 0.1) is 6.92 Å². The Morgan fingerprint density at radius 3 is 2.18 bits per heavy atom. The number of furan rings is 1. The van der Waals surface area contributed by atoms with Crippen molar-refractivity contribution in [2.75, 3.05) is 11.0 Å². The van der Waals surface area contributed by atoms with E-state index in [2.05, 4.69) is 4.72 Å². The van der Waals surface area contributed by atoms with Gasteiger partial charge in [0.05, 0.1) is 6.26 Å². The van der Waals surface area contributed by atoms with Crippen molar-refractivity contribution in [3.63, 3.8) is 0 Å². The number of benzene rings is 1. The summed E-state index contributed by atoms with van der Waals surface area (Å²) in [6.07, 6.45) is 1.12. The lowest BCUT2D eigenvalue weighted by Gasteiger charge is -2.04. The average molecular weight is 251 g/mol. The number of hydrogen-bond donors (Lipinski definition) is 1. The number of nitrogens with one attached hydrogen (secondary N) is 1. The molecule has 1 N–H and O–H groups in total. The minimum Gasteiger partial charge on any atom is -0.461 e. The third-order valence-corrected chi connectivity index (χ3v) is 2.82.